The van der Waals surface area contributed by atoms with Gasteiger partial charge >= 0.3 is 17.6 Å². The van der Waals surface area contributed by atoms with E-state index in [2.05, 4.69) is 0 Å². The molecule has 7 rings (SSSR count). The fourth-order valence-corrected chi connectivity index (χ4v) is 6.04. The molecule has 0 saturated carbocycles. The van der Waals surface area contributed by atoms with E-state index >= 15 is 0 Å². The van der Waals surface area contributed by atoms with Gasteiger partial charge in [0.25, 0.3) is 0 Å². The van der Waals surface area contributed by atoms with Crippen molar-refractivity contribution in [1.82, 2.24) is 0 Å². The fraction of sp³-hybridized carbons (Fsp3) is 0.300. The van der Waals surface area contributed by atoms with Crippen LogP contribution in [0.1, 0.15) is 59.2 Å². The number of fused-ring (bicyclic) bond motifs is 2. The largest absolute Gasteiger partial charge is 0.467 e. The van der Waals surface area contributed by atoms with Crippen molar-refractivity contribution in [1.29, 1.82) is 0 Å². The van der Waals surface area contributed by atoms with E-state index in [4.69, 9.17) is 37.9 Å². The van der Waals surface area contributed by atoms with Gasteiger partial charge in [0.15, 0.2) is 26.2 Å². The number of nitrogens with zero attached hydrogens (tertiary/aromatic N) is 1. The minimum Gasteiger partial charge on any atom is -0.467 e. The van der Waals surface area contributed by atoms with Crippen molar-refractivity contribution in [3.63, 3.8) is 0 Å². The van der Waals surface area contributed by atoms with Gasteiger partial charge in [-0.05, 0) is 121 Å². The molecule has 53 heavy (non-hydrogen) atoms. The van der Waals surface area contributed by atoms with Crippen molar-refractivity contribution in [3.8, 4) is 23.0 Å². The Hall–Kier alpha value is -5.60. The van der Waals surface area contributed by atoms with Crippen LogP contribution in [0.4, 0.5) is 5.69 Å². The lowest BCUT2D eigenvalue weighted by Crippen LogP contribution is -2.24. The molecule has 0 N–H and O–H groups in total. The first-order valence-electron chi connectivity index (χ1n) is 17.4. The van der Waals surface area contributed by atoms with E-state index < -0.39 is 22.5 Å². The second-order valence-corrected chi connectivity index (χ2v) is 12.6. The molecule has 0 aromatic heterocycles. The van der Waals surface area contributed by atoms with Crippen molar-refractivity contribution >= 4 is 39.2 Å². The van der Waals surface area contributed by atoms with Crippen LogP contribution < -0.4 is 18.9 Å². The molecule has 0 aliphatic carbocycles. The molecule has 2 saturated heterocycles. The molecule has 274 valence electrons. The third kappa shape index (κ3) is 9.26. The van der Waals surface area contributed by atoms with Gasteiger partial charge < -0.3 is 37.9 Å². The molecule has 13 nitrogen and oxygen atoms in total. The first-order valence-corrected chi connectivity index (χ1v) is 17.4. The van der Waals surface area contributed by atoms with Crippen LogP contribution in [0.15, 0.2) is 91.0 Å². The van der Waals surface area contributed by atoms with E-state index in [0.717, 1.165) is 66.1 Å². The summed E-state index contributed by atoms with van der Waals surface area (Å²) in [6.45, 7) is 1.47. The van der Waals surface area contributed by atoms with Gasteiger partial charge in [-0.2, -0.15) is 0 Å². The van der Waals surface area contributed by atoms with E-state index in [1.54, 1.807) is 60.7 Å². The lowest BCUT2D eigenvalue weighted by Gasteiger charge is -2.22. The van der Waals surface area contributed by atoms with Gasteiger partial charge in [-0.15, -0.1) is 0 Å². The molecule has 2 aliphatic rings. The van der Waals surface area contributed by atoms with E-state index in [9.17, 15) is 19.7 Å². The zero-order chi connectivity index (χ0) is 36.6. The second kappa shape index (κ2) is 16.8. The van der Waals surface area contributed by atoms with Crippen LogP contribution in [0.5, 0.6) is 23.0 Å². The predicted octanol–water partition coefficient (Wildman–Crippen LogP) is 8.10. The minimum absolute atomic E-state index is 0.0476. The summed E-state index contributed by atoms with van der Waals surface area (Å²) in [5, 5.41) is 15.1. The molecular weight excluding hydrogens is 686 g/mol. The molecule has 0 bridgehead atoms. The highest BCUT2D eigenvalue weighted by Crippen LogP contribution is 2.33. The standard InChI is InChI=1S/C40H37NO12/c42-39(30-9-7-28-21-32(13-11-26(28)19-30)48-24-50-37-5-1-3-17-46-37)52-34-15-16-36(35(23-34)41(44)45)53-40(43)31-10-8-29-22-33(14-12-27(29)20-31)49-25-51-38-6-2-4-18-47-38/h7-16,19-23,37-38H,1-6,17-18,24-25H2. The molecule has 13 heteroatoms. The van der Waals surface area contributed by atoms with Crippen LogP contribution in [-0.4, -0.2) is 56.2 Å². The van der Waals surface area contributed by atoms with Crippen LogP contribution in [0.3, 0.4) is 0 Å². The summed E-state index contributed by atoms with van der Waals surface area (Å²) in [5.74, 6) is -0.714. The Morgan fingerprint density at radius 2 is 1.09 bits per heavy atom. The summed E-state index contributed by atoms with van der Waals surface area (Å²) in [5.41, 5.74) is -0.122. The summed E-state index contributed by atoms with van der Waals surface area (Å²) >= 11 is 0. The van der Waals surface area contributed by atoms with Crippen molar-refractivity contribution in [3.05, 3.63) is 112 Å². The maximum atomic E-state index is 13.1. The van der Waals surface area contributed by atoms with E-state index in [1.165, 1.54) is 12.1 Å². The fourth-order valence-electron chi connectivity index (χ4n) is 6.04. The Labute approximate surface area is 304 Å². The number of benzene rings is 5. The van der Waals surface area contributed by atoms with Gasteiger partial charge in [0.05, 0.1) is 22.1 Å². The zero-order valence-electron chi connectivity index (χ0n) is 28.7. The van der Waals surface area contributed by atoms with Crippen LogP contribution in [0.25, 0.3) is 21.5 Å². The van der Waals surface area contributed by atoms with Gasteiger partial charge in [-0.3, -0.25) is 10.1 Å². The molecule has 5 aromatic carbocycles. The highest BCUT2D eigenvalue weighted by Gasteiger charge is 2.22. The van der Waals surface area contributed by atoms with Crippen LogP contribution in [-0.2, 0) is 18.9 Å². The average Bonchev–Trinajstić information content (AvgIpc) is 3.18. The average molecular weight is 724 g/mol. The van der Waals surface area contributed by atoms with E-state index in [0.29, 0.717) is 24.7 Å². The molecule has 2 atom stereocenters. The maximum absolute atomic E-state index is 13.1. The van der Waals surface area contributed by atoms with Gasteiger partial charge in [-0.1, -0.05) is 24.3 Å². The monoisotopic (exact) mass is 723 g/mol. The smallest absolute Gasteiger partial charge is 0.343 e. The van der Waals surface area contributed by atoms with Crippen molar-refractivity contribution in [2.75, 3.05) is 26.8 Å². The Morgan fingerprint density at radius 3 is 1.60 bits per heavy atom. The maximum Gasteiger partial charge on any atom is 0.343 e. The van der Waals surface area contributed by atoms with Gasteiger partial charge in [-0.25, -0.2) is 9.59 Å². The highest BCUT2D eigenvalue weighted by atomic mass is 16.8. The van der Waals surface area contributed by atoms with Crippen molar-refractivity contribution < 1.29 is 52.4 Å². The Morgan fingerprint density at radius 1 is 0.604 bits per heavy atom. The summed E-state index contributed by atoms with van der Waals surface area (Å²) in [4.78, 5) is 37.4. The number of carbonyl (C=O) groups is 2. The zero-order valence-corrected chi connectivity index (χ0v) is 28.7. The number of esters is 2. The number of rotatable bonds is 13. The van der Waals surface area contributed by atoms with Crippen molar-refractivity contribution in [2.45, 2.75) is 51.1 Å². The molecule has 2 heterocycles. The molecular formula is C40H37NO12. The molecule has 0 amide bonds. The number of nitro groups is 1. The normalized spacial score (nSPS) is 17.3. The van der Waals surface area contributed by atoms with Crippen molar-refractivity contribution in [2.24, 2.45) is 0 Å². The van der Waals surface area contributed by atoms with Crippen LogP contribution in [0, 0.1) is 10.1 Å². The first kappa shape index (κ1) is 35.8. The van der Waals surface area contributed by atoms with E-state index in [1.807, 2.05) is 12.1 Å². The molecule has 2 fully saturated rings. The van der Waals surface area contributed by atoms with Gasteiger partial charge in [0, 0.05) is 13.2 Å². The number of carbonyl (C=O) groups excluding carboxylic acids is 2. The minimum atomic E-state index is -0.795. The number of nitro benzene ring substituents is 1. The first-order chi connectivity index (χ1) is 25.9. The van der Waals surface area contributed by atoms with Crippen LogP contribution in [0.2, 0.25) is 0 Å². The predicted molar refractivity (Wildman–Crippen MR) is 191 cm³/mol. The third-order valence-electron chi connectivity index (χ3n) is 8.87. The highest BCUT2D eigenvalue weighted by molar-refractivity contribution is 5.98. The molecule has 5 aromatic rings. The second-order valence-electron chi connectivity index (χ2n) is 12.6. The number of ether oxygens (including phenoxy) is 8. The molecule has 2 unspecified atom stereocenters. The Bertz CT molecular complexity index is 2110. The summed E-state index contributed by atoms with van der Waals surface area (Å²) in [6, 6.07) is 24.2. The van der Waals surface area contributed by atoms with E-state index in [-0.39, 0.29) is 48.8 Å². The Kier molecular flexibility index (Phi) is 11.4. The molecule has 0 radical (unpaired) electrons. The lowest BCUT2D eigenvalue weighted by atomic mass is 10.1. The molecule has 2 aliphatic heterocycles. The summed E-state index contributed by atoms with van der Waals surface area (Å²) in [6.07, 6.45) is 5.33. The number of hydrogen-bond donors (Lipinski definition) is 0. The number of hydrogen-bond acceptors (Lipinski definition) is 12. The van der Waals surface area contributed by atoms with Gasteiger partial charge in [0.1, 0.15) is 17.2 Å². The summed E-state index contributed by atoms with van der Waals surface area (Å²) in [7, 11) is 0. The quantitative estimate of drug-likeness (QED) is 0.0379. The Balaban J connectivity index is 0.955. The molecule has 0 spiro atoms. The topological polar surface area (TPSA) is 151 Å². The lowest BCUT2D eigenvalue weighted by molar-refractivity contribution is -0.385. The third-order valence-corrected chi connectivity index (χ3v) is 8.87. The summed E-state index contributed by atoms with van der Waals surface area (Å²) < 4.78 is 44.7. The van der Waals surface area contributed by atoms with Crippen LogP contribution >= 0.6 is 0 Å². The van der Waals surface area contributed by atoms with Gasteiger partial charge in [0.2, 0.25) is 5.75 Å². The SMILES string of the molecule is O=C(Oc1ccc(OC(=O)c2ccc3cc(OCOC4CCCCO4)ccc3c2)c([N+](=O)[O-])c1)c1ccc2cc(OCOC3CCCCO3)ccc2c1.